The predicted octanol–water partition coefficient (Wildman–Crippen LogP) is 2.26. The Morgan fingerprint density at radius 3 is 2.59 bits per heavy atom. The molecule has 0 heterocycles. The average Bonchev–Trinajstić information content (AvgIpc) is 2.34. The lowest BCUT2D eigenvalue weighted by Gasteiger charge is -2.15. The smallest absolute Gasteiger partial charge is 0.330 e. The first-order chi connectivity index (χ1) is 8.13. The number of carbonyl (C=O) groups is 1. The largest absolute Gasteiger partial charge is 0.466 e. The van der Waals surface area contributed by atoms with Crippen molar-refractivity contribution in [1.82, 2.24) is 0 Å². The maximum atomic E-state index is 11.0. The molecule has 1 N–H and O–H groups in total. The molecule has 0 saturated carbocycles. The fraction of sp³-hybridized carbons (Fsp3) is 0.308. The SMILES string of the molecule is COC(=O)/C=C/[C@H](Sc1ccccc1)[C@@H](C)O. The van der Waals surface area contributed by atoms with Crippen LogP contribution in [-0.2, 0) is 9.53 Å². The van der Waals surface area contributed by atoms with E-state index in [1.807, 2.05) is 30.3 Å². The van der Waals surface area contributed by atoms with Crippen molar-refractivity contribution in [2.75, 3.05) is 7.11 Å². The topological polar surface area (TPSA) is 46.5 Å². The lowest BCUT2D eigenvalue weighted by molar-refractivity contribution is -0.134. The zero-order chi connectivity index (χ0) is 12.7. The number of carbonyl (C=O) groups excluding carboxylic acids is 1. The third kappa shape index (κ3) is 5.06. The molecular weight excluding hydrogens is 236 g/mol. The van der Waals surface area contributed by atoms with Gasteiger partial charge in [0.2, 0.25) is 0 Å². The first-order valence-electron chi connectivity index (χ1n) is 5.29. The Hall–Kier alpha value is -1.26. The number of hydrogen-bond acceptors (Lipinski definition) is 4. The number of thioether (sulfide) groups is 1. The molecule has 0 bridgehead atoms. The first kappa shape index (κ1) is 13.8. The number of esters is 1. The number of methoxy groups -OCH3 is 1. The minimum Gasteiger partial charge on any atom is -0.466 e. The molecule has 4 heteroatoms. The summed E-state index contributed by atoms with van der Waals surface area (Å²) in [5, 5.41) is 9.46. The number of rotatable bonds is 5. The molecule has 0 amide bonds. The first-order valence-corrected chi connectivity index (χ1v) is 6.17. The molecule has 17 heavy (non-hydrogen) atoms. The molecule has 0 radical (unpaired) electrons. The van der Waals surface area contributed by atoms with E-state index in [0.29, 0.717) is 0 Å². The molecule has 0 aliphatic carbocycles. The van der Waals surface area contributed by atoms with Crippen LogP contribution < -0.4 is 0 Å². The van der Waals surface area contributed by atoms with Crippen LogP contribution in [0.1, 0.15) is 6.92 Å². The lowest BCUT2D eigenvalue weighted by atomic mass is 10.2. The molecule has 0 saturated heterocycles. The van der Waals surface area contributed by atoms with Crippen molar-refractivity contribution in [3.8, 4) is 0 Å². The fourth-order valence-corrected chi connectivity index (χ4v) is 2.18. The van der Waals surface area contributed by atoms with Crippen molar-refractivity contribution in [3.05, 3.63) is 42.5 Å². The van der Waals surface area contributed by atoms with Crippen molar-refractivity contribution in [2.45, 2.75) is 23.2 Å². The van der Waals surface area contributed by atoms with Crippen LogP contribution in [0.5, 0.6) is 0 Å². The Labute approximate surface area is 105 Å². The second kappa shape index (κ2) is 7.14. The van der Waals surface area contributed by atoms with Gasteiger partial charge in [-0.1, -0.05) is 24.3 Å². The Bertz CT molecular complexity index is 374. The van der Waals surface area contributed by atoms with Crippen LogP contribution in [0.25, 0.3) is 0 Å². The average molecular weight is 252 g/mol. The molecule has 3 nitrogen and oxygen atoms in total. The number of ether oxygens (including phenoxy) is 1. The van der Waals surface area contributed by atoms with E-state index in [4.69, 9.17) is 0 Å². The van der Waals surface area contributed by atoms with Gasteiger partial charge < -0.3 is 9.84 Å². The highest BCUT2D eigenvalue weighted by Gasteiger charge is 2.13. The summed E-state index contributed by atoms with van der Waals surface area (Å²) in [6, 6.07) is 9.74. The third-order valence-electron chi connectivity index (χ3n) is 2.11. The van der Waals surface area contributed by atoms with Crippen LogP contribution in [0.15, 0.2) is 47.4 Å². The zero-order valence-corrected chi connectivity index (χ0v) is 10.7. The minimum absolute atomic E-state index is 0.170. The summed E-state index contributed by atoms with van der Waals surface area (Å²) >= 11 is 1.50. The summed E-state index contributed by atoms with van der Waals surface area (Å²) in [7, 11) is 1.33. The molecule has 1 aromatic carbocycles. The highest BCUT2D eigenvalue weighted by molar-refractivity contribution is 8.00. The Balaban J connectivity index is 2.67. The van der Waals surface area contributed by atoms with Crippen LogP contribution in [-0.4, -0.2) is 29.5 Å². The monoisotopic (exact) mass is 252 g/mol. The van der Waals surface area contributed by atoms with Crippen molar-refractivity contribution in [3.63, 3.8) is 0 Å². The van der Waals surface area contributed by atoms with Gasteiger partial charge >= 0.3 is 5.97 Å². The summed E-state index contributed by atoms with van der Waals surface area (Å²) in [5.74, 6) is -0.413. The van der Waals surface area contributed by atoms with Gasteiger partial charge in [-0.3, -0.25) is 0 Å². The van der Waals surface area contributed by atoms with E-state index in [1.165, 1.54) is 24.9 Å². The number of benzene rings is 1. The van der Waals surface area contributed by atoms with E-state index in [2.05, 4.69) is 4.74 Å². The highest BCUT2D eigenvalue weighted by Crippen LogP contribution is 2.26. The number of hydrogen-bond donors (Lipinski definition) is 1. The van der Waals surface area contributed by atoms with Crippen molar-refractivity contribution >= 4 is 17.7 Å². The summed E-state index contributed by atoms with van der Waals surface area (Å²) in [6.45, 7) is 1.70. The second-order valence-corrected chi connectivity index (χ2v) is 4.77. The van der Waals surface area contributed by atoms with Gasteiger partial charge in [0.25, 0.3) is 0 Å². The maximum absolute atomic E-state index is 11.0. The summed E-state index contributed by atoms with van der Waals surface area (Å²) in [4.78, 5) is 12.0. The summed E-state index contributed by atoms with van der Waals surface area (Å²) < 4.78 is 4.51. The van der Waals surface area contributed by atoms with Gasteiger partial charge in [-0.2, -0.15) is 0 Å². The Kier molecular flexibility index (Phi) is 5.80. The van der Waals surface area contributed by atoms with Crippen LogP contribution in [0, 0.1) is 0 Å². The summed E-state index contributed by atoms with van der Waals surface area (Å²) in [5.41, 5.74) is 0. The maximum Gasteiger partial charge on any atom is 0.330 e. The molecular formula is C13H16O3S. The molecule has 0 aliphatic heterocycles. The molecule has 0 unspecified atom stereocenters. The Morgan fingerprint density at radius 2 is 2.06 bits per heavy atom. The fourth-order valence-electron chi connectivity index (χ4n) is 1.20. The molecule has 0 aromatic heterocycles. The lowest BCUT2D eigenvalue weighted by Crippen LogP contribution is -2.17. The van der Waals surface area contributed by atoms with E-state index >= 15 is 0 Å². The van der Waals surface area contributed by atoms with Crippen LogP contribution >= 0.6 is 11.8 Å². The summed E-state index contributed by atoms with van der Waals surface area (Å²) in [6.07, 6.45) is 2.46. The predicted molar refractivity (Wildman–Crippen MR) is 68.9 cm³/mol. The molecule has 0 aliphatic rings. The number of aliphatic hydroxyl groups is 1. The van der Waals surface area contributed by atoms with Gasteiger partial charge in [-0.15, -0.1) is 11.8 Å². The van der Waals surface area contributed by atoms with Gasteiger partial charge in [0, 0.05) is 11.0 Å². The molecule has 92 valence electrons. The highest BCUT2D eigenvalue weighted by atomic mass is 32.2. The van der Waals surface area contributed by atoms with Crippen molar-refractivity contribution < 1.29 is 14.6 Å². The van der Waals surface area contributed by atoms with Crippen LogP contribution in [0.4, 0.5) is 0 Å². The van der Waals surface area contributed by atoms with Gasteiger partial charge in [-0.05, 0) is 19.1 Å². The molecule has 1 rings (SSSR count). The van der Waals surface area contributed by atoms with E-state index in [1.54, 1.807) is 13.0 Å². The molecule has 0 fully saturated rings. The molecule has 1 aromatic rings. The van der Waals surface area contributed by atoms with Crippen molar-refractivity contribution in [1.29, 1.82) is 0 Å². The second-order valence-electron chi connectivity index (χ2n) is 3.52. The Morgan fingerprint density at radius 1 is 1.41 bits per heavy atom. The van der Waals surface area contributed by atoms with E-state index < -0.39 is 12.1 Å². The van der Waals surface area contributed by atoms with E-state index in [9.17, 15) is 9.90 Å². The van der Waals surface area contributed by atoms with E-state index in [0.717, 1.165) is 4.90 Å². The molecule has 0 spiro atoms. The molecule has 2 atom stereocenters. The zero-order valence-electron chi connectivity index (χ0n) is 9.87. The van der Waals surface area contributed by atoms with Gasteiger partial charge in [0.15, 0.2) is 0 Å². The van der Waals surface area contributed by atoms with E-state index in [-0.39, 0.29) is 5.25 Å². The number of aliphatic hydroxyl groups excluding tert-OH is 1. The normalized spacial score (nSPS) is 14.5. The van der Waals surface area contributed by atoms with Crippen molar-refractivity contribution in [2.24, 2.45) is 0 Å². The van der Waals surface area contributed by atoms with Crippen LogP contribution in [0.3, 0.4) is 0 Å². The third-order valence-corrected chi connectivity index (χ3v) is 3.48. The van der Waals surface area contributed by atoms with Crippen LogP contribution in [0.2, 0.25) is 0 Å². The van der Waals surface area contributed by atoms with Gasteiger partial charge in [0.1, 0.15) is 0 Å². The minimum atomic E-state index is -0.541. The van der Waals surface area contributed by atoms with Gasteiger partial charge in [0.05, 0.1) is 18.5 Å². The standard InChI is InChI=1S/C13H16O3S/c1-10(14)12(8-9-13(15)16-2)17-11-6-4-3-5-7-11/h3-10,12,14H,1-2H3/b9-8+/t10-,12+/m1/s1. The van der Waals surface area contributed by atoms with Gasteiger partial charge in [-0.25, -0.2) is 4.79 Å². The quantitative estimate of drug-likeness (QED) is 0.496.